The molecule has 4 unspecified atom stereocenters. The first-order valence-electron chi connectivity index (χ1n) is 6.62. The van der Waals surface area contributed by atoms with E-state index in [0.29, 0.717) is 5.92 Å². The van der Waals surface area contributed by atoms with E-state index in [-0.39, 0.29) is 6.10 Å². The van der Waals surface area contributed by atoms with Gasteiger partial charge in [0.1, 0.15) is 0 Å². The SMILES string of the molecule is CC1CCC(C(O)c2ccc(Br)c(Br)c2)CC1C. The lowest BCUT2D eigenvalue weighted by Crippen LogP contribution is -2.25. The summed E-state index contributed by atoms with van der Waals surface area (Å²) < 4.78 is 2.04. The van der Waals surface area contributed by atoms with Crippen molar-refractivity contribution in [1.82, 2.24) is 0 Å². The van der Waals surface area contributed by atoms with Crippen molar-refractivity contribution in [3.05, 3.63) is 32.7 Å². The predicted octanol–water partition coefficient (Wildman–Crippen LogP) is 5.32. The van der Waals surface area contributed by atoms with Gasteiger partial charge in [0.2, 0.25) is 0 Å². The number of rotatable bonds is 2. The van der Waals surface area contributed by atoms with E-state index in [1.807, 2.05) is 18.2 Å². The average molecular weight is 376 g/mol. The topological polar surface area (TPSA) is 20.2 Å². The predicted molar refractivity (Wildman–Crippen MR) is 82.5 cm³/mol. The minimum atomic E-state index is -0.329. The maximum Gasteiger partial charge on any atom is 0.0818 e. The molecule has 0 heterocycles. The monoisotopic (exact) mass is 374 g/mol. The molecule has 1 aliphatic carbocycles. The Morgan fingerprint density at radius 3 is 2.44 bits per heavy atom. The van der Waals surface area contributed by atoms with Gasteiger partial charge in [-0.15, -0.1) is 0 Å². The molecule has 1 saturated carbocycles. The Balaban J connectivity index is 2.11. The number of aliphatic hydroxyl groups is 1. The molecule has 0 amide bonds. The third-order valence-corrected chi connectivity index (χ3v) is 6.25. The van der Waals surface area contributed by atoms with Gasteiger partial charge in [0, 0.05) is 8.95 Å². The highest BCUT2D eigenvalue weighted by Gasteiger charge is 2.30. The number of benzene rings is 1. The molecule has 100 valence electrons. The Morgan fingerprint density at radius 1 is 1.11 bits per heavy atom. The van der Waals surface area contributed by atoms with E-state index in [4.69, 9.17) is 0 Å². The molecule has 1 N–H and O–H groups in total. The van der Waals surface area contributed by atoms with Crippen LogP contribution in [0.25, 0.3) is 0 Å². The fraction of sp³-hybridized carbons (Fsp3) is 0.600. The lowest BCUT2D eigenvalue weighted by molar-refractivity contribution is 0.0560. The van der Waals surface area contributed by atoms with Crippen molar-refractivity contribution in [3.63, 3.8) is 0 Å². The van der Waals surface area contributed by atoms with Gasteiger partial charge in [-0.05, 0) is 80.2 Å². The summed E-state index contributed by atoms with van der Waals surface area (Å²) in [7, 11) is 0. The summed E-state index contributed by atoms with van der Waals surface area (Å²) in [6, 6.07) is 6.04. The van der Waals surface area contributed by atoms with Crippen LogP contribution < -0.4 is 0 Å². The van der Waals surface area contributed by atoms with Crippen LogP contribution in [0.3, 0.4) is 0 Å². The van der Waals surface area contributed by atoms with Crippen LogP contribution in [0.5, 0.6) is 0 Å². The van der Waals surface area contributed by atoms with E-state index in [1.165, 1.54) is 6.42 Å². The molecule has 1 nitrogen and oxygen atoms in total. The Hall–Kier alpha value is 0.140. The van der Waals surface area contributed by atoms with Crippen molar-refractivity contribution in [2.75, 3.05) is 0 Å². The number of hydrogen-bond donors (Lipinski definition) is 1. The van der Waals surface area contributed by atoms with E-state index >= 15 is 0 Å². The van der Waals surface area contributed by atoms with Crippen LogP contribution >= 0.6 is 31.9 Å². The standard InChI is InChI=1S/C15H20Br2O/c1-9-3-4-11(7-10(9)2)15(18)12-5-6-13(16)14(17)8-12/h5-6,8-11,15,18H,3-4,7H2,1-2H3. The number of hydrogen-bond acceptors (Lipinski definition) is 1. The molecule has 0 spiro atoms. The zero-order valence-corrected chi connectivity index (χ0v) is 14.0. The summed E-state index contributed by atoms with van der Waals surface area (Å²) >= 11 is 6.97. The first-order valence-corrected chi connectivity index (χ1v) is 8.20. The molecule has 3 heteroatoms. The van der Waals surface area contributed by atoms with E-state index in [9.17, 15) is 5.11 Å². The molecule has 0 saturated heterocycles. The molecule has 0 aliphatic heterocycles. The second kappa shape index (κ2) is 6.06. The molecule has 4 atom stereocenters. The summed E-state index contributed by atoms with van der Waals surface area (Å²) in [5.74, 6) is 1.92. The summed E-state index contributed by atoms with van der Waals surface area (Å²) in [6.45, 7) is 4.63. The van der Waals surface area contributed by atoms with E-state index < -0.39 is 0 Å². The Bertz CT molecular complexity index is 419. The third kappa shape index (κ3) is 3.17. The fourth-order valence-electron chi connectivity index (χ4n) is 2.84. The van der Waals surface area contributed by atoms with Crippen molar-refractivity contribution < 1.29 is 5.11 Å². The van der Waals surface area contributed by atoms with Crippen LogP contribution in [0.1, 0.15) is 44.8 Å². The maximum atomic E-state index is 10.5. The summed E-state index contributed by atoms with van der Waals surface area (Å²) in [4.78, 5) is 0. The van der Waals surface area contributed by atoms with Gasteiger partial charge >= 0.3 is 0 Å². The second-order valence-corrected chi connectivity index (χ2v) is 7.35. The zero-order valence-electron chi connectivity index (χ0n) is 10.9. The smallest absolute Gasteiger partial charge is 0.0818 e. The van der Waals surface area contributed by atoms with Gasteiger partial charge in [-0.1, -0.05) is 26.3 Å². The molecule has 0 bridgehead atoms. The highest BCUT2D eigenvalue weighted by atomic mass is 79.9. The van der Waals surface area contributed by atoms with Gasteiger partial charge in [-0.2, -0.15) is 0 Å². The van der Waals surface area contributed by atoms with Crippen molar-refractivity contribution >= 4 is 31.9 Å². The maximum absolute atomic E-state index is 10.5. The average Bonchev–Trinajstić information content (AvgIpc) is 2.35. The zero-order chi connectivity index (χ0) is 13.3. The van der Waals surface area contributed by atoms with E-state index in [1.54, 1.807) is 0 Å². The molecular weight excluding hydrogens is 356 g/mol. The van der Waals surface area contributed by atoms with Crippen LogP contribution in [0.15, 0.2) is 27.1 Å². The van der Waals surface area contributed by atoms with Crippen LogP contribution in [0.2, 0.25) is 0 Å². The molecule has 0 radical (unpaired) electrons. The van der Waals surface area contributed by atoms with Crippen molar-refractivity contribution in [2.24, 2.45) is 17.8 Å². The highest BCUT2D eigenvalue weighted by Crippen LogP contribution is 2.40. The molecule has 1 fully saturated rings. The Kier molecular flexibility index (Phi) is 4.90. The summed E-state index contributed by atoms with van der Waals surface area (Å²) in [5.41, 5.74) is 1.02. The first kappa shape index (κ1) is 14.5. The lowest BCUT2D eigenvalue weighted by atomic mass is 9.73. The van der Waals surface area contributed by atoms with Gasteiger partial charge in [0.05, 0.1) is 6.10 Å². The quantitative estimate of drug-likeness (QED) is 0.741. The van der Waals surface area contributed by atoms with Gasteiger partial charge in [-0.25, -0.2) is 0 Å². The van der Waals surface area contributed by atoms with Crippen LogP contribution in [-0.2, 0) is 0 Å². The highest BCUT2D eigenvalue weighted by molar-refractivity contribution is 9.13. The Labute approximate surface area is 126 Å². The fourth-order valence-corrected chi connectivity index (χ4v) is 3.49. The van der Waals surface area contributed by atoms with Crippen LogP contribution in [-0.4, -0.2) is 5.11 Å². The summed E-state index contributed by atoms with van der Waals surface area (Å²) in [6.07, 6.45) is 3.18. The normalized spacial score (nSPS) is 30.2. The number of halogens is 2. The Morgan fingerprint density at radius 2 is 1.83 bits per heavy atom. The van der Waals surface area contributed by atoms with Gasteiger partial charge in [-0.3, -0.25) is 0 Å². The molecule has 0 aromatic heterocycles. The van der Waals surface area contributed by atoms with Crippen LogP contribution in [0.4, 0.5) is 0 Å². The molecular formula is C15H20Br2O. The summed E-state index contributed by atoms with van der Waals surface area (Å²) in [5, 5.41) is 10.5. The van der Waals surface area contributed by atoms with Crippen molar-refractivity contribution in [3.8, 4) is 0 Å². The van der Waals surface area contributed by atoms with Crippen molar-refractivity contribution in [1.29, 1.82) is 0 Å². The largest absolute Gasteiger partial charge is 0.388 e. The molecule has 1 aromatic carbocycles. The van der Waals surface area contributed by atoms with Crippen LogP contribution in [0, 0.1) is 17.8 Å². The molecule has 18 heavy (non-hydrogen) atoms. The minimum absolute atomic E-state index is 0.329. The first-order chi connectivity index (χ1) is 8.49. The lowest BCUT2D eigenvalue weighted by Gasteiger charge is -2.34. The van der Waals surface area contributed by atoms with Gasteiger partial charge in [0.25, 0.3) is 0 Å². The number of aliphatic hydroxyl groups excluding tert-OH is 1. The molecule has 2 rings (SSSR count). The van der Waals surface area contributed by atoms with Gasteiger partial charge in [0.15, 0.2) is 0 Å². The minimum Gasteiger partial charge on any atom is -0.388 e. The van der Waals surface area contributed by atoms with E-state index in [2.05, 4.69) is 45.7 Å². The van der Waals surface area contributed by atoms with E-state index in [0.717, 1.165) is 39.2 Å². The van der Waals surface area contributed by atoms with Gasteiger partial charge < -0.3 is 5.11 Å². The van der Waals surface area contributed by atoms with Crippen molar-refractivity contribution in [2.45, 2.75) is 39.2 Å². The molecule has 1 aromatic rings. The third-order valence-electron chi connectivity index (χ3n) is 4.37. The second-order valence-electron chi connectivity index (χ2n) is 5.65. The molecule has 1 aliphatic rings.